The molecule has 0 atom stereocenters. The number of hydrogen-bond acceptors (Lipinski definition) is 4. The number of primary sulfonamides is 1. The van der Waals surface area contributed by atoms with Crippen molar-refractivity contribution in [3.05, 3.63) is 24.3 Å². The molecular formula is C14H21ClN4O3S. The van der Waals surface area contributed by atoms with Crippen molar-refractivity contribution < 1.29 is 30.1 Å². The van der Waals surface area contributed by atoms with Gasteiger partial charge < -0.3 is 22.2 Å². The highest BCUT2D eigenvalue weighted by molar-refractivity contribution is 7.89. The van der Waals surface area contributed by atoms with Crippen LogP contribution in [0.2, 0.25) is 0 Å². The van der Waals surface area contributed by atoms with E-state index in [0.717, 1.165) is 43.8 Å². The zero-order valence-electron chi connectivity index (χ0n) is 12.7. The van der Waals surface area contributed by atoms with E-state index in [0.29, 0.717) is 12.2 Å². The van der Waals surface area contributed by atoms with Crippen LogP contribution in [0.1, 0.15) is 0 Å². The molecule has 0 spiro atoms. The van der Waals surface area contributed by atoms with E-state index in [2.05, 4.69) is 10.2 Å². The van der Waals surface area contributed by atoms with Crippen molar-refractivity contribution in [2.24, 2.45) is 5.14 Å². The monoisotopic (exact) mass is 360 g/mol. The van der Waals surface area contributed by atoms with Gasteiger partial charge in [0.15, 0.2) is 6.54 Å². The van der Waals surface area contributed by atoms with Crippen LogP contribution in [0.3, 0.4) is 0 Å². The lowest BCUT2D eigenvalue weighted by atomic mass is 10.1. The van der Waals surface area contributed by atoms with Gasteiger partial charge in [0.1, 0.15) is 0 Å². The Morgan fingerprint density at radius 2 is 1.83 bits per heavy atom. The number of carbonyl (C=O) groups excluding carboxylic acids is 1. The largest absolute Gasteiger partial charge is 1.00 e. The number of halogens is 1. The minimum Gasteiger partial charge on any atom is -1.00 e. The van der Waals surface area contributed by atoms with Crippen molar-refractivity contribution in [2.75, 3.05) is 51.1 Å². The van der Waals surface area contributed by atoms with E-state index in [1.165, 1.54) is 12.1 Å². The van der Waals surface area contributed by atoms with Gasteiger partial charge in [-0.15, -0.1) is 0 Å². The first-order valence-electron chi connectivity index (χ1n) is 7.37. The Morgan fingerprint density at radius 3 is 2.39 bits per heavy atom. The lowest BCUT2D eigenvalue weighted by Gasteiger charge is -2.50. The fourth-order valence-electron chi connectivity index (χ4n) is 3.22. The van der Waals surface area contributed by atoms with E-state index < -0.39 is 10.0 Å². The Morgan fingerprint density at radius 1 is 1.22 bits per heavy atom. The summed E-state index contributed by atoms with van der Waals surface area (Å²) in [5.74, 6) is -0.0816. The van der Waals surface area contributed by atoms with Crippen molar-refractivity contribution in [2.45, 2.75) is 4.90 Å². The highest BCUT2D eigenvalue weighted by Crippen LogP contribution is 2.20. The molecule has 0 aliphatic carbocycles. The smallest absolute Gasteiger partial charge is 0.279 e. The van der Waals surface area contributed by atoms with Crippen molar-refractivity contribution >= 4 is 21.6 Å². The predicted octanol–water partition coefficient (Wildman–Crippen LogP) is -3.58. The molecule has 3 N–H and O–H groups in total. The molecule has 9 heteroatoms. The number of hydrogen-bond donors (Lipinski definition) is 2. The summed E-state index contributed by atoms with van der Waals surface area (Å²) < 4.78 is 23.5. The van der Waals surface area contributed by atoms with E-state index in [-0.39, 0.29) is 23.2 Å². The maximum atomic E-state index is 12.3. The zero-order valence-corrected chi connectivity index (χ0v) is 14.3. The molecule has 2 bridgehead atoms. The Balaban J connectivity index is 0.00000192. The van der Waals surface area contributed by atoms with Gasteiger partial charge in [-0.1, -0.05) is 6.07 Å². The molecule has 3 saturated heterocycles. The molecule has 3 heterocycles. The van der Waals surface area contributed by atoms with Crippen LogP contribution < -0.4 is 22.9 Å². The number of anilines is 1. The highest BCUT2D eigenvalue weighted by Gasteiger charge is 2.39. The fourth-order valence-corrected chi connectivity index (χ4v) is 3.78. The lowest BCUT2D eigenvalue weighted by molar-refractivity contribution is -0.933. The number of nitrogens with zero attached hydrogens (tertiary/aromatic N) is 2. The average Bonchev–Trinajstić information content (AvgIpc) is 2.48. The van der Waals surface area contributed by atoms with Gasteiger partial charge in [-0.2, -0.15) is 0 Å². The maximum Gasteiger partial charge on any atom is 0.279 e. The number of sulfonamides is 1. The van der Waals surface area contributed by atoms with Crippen molar-refractivity contribution in [3.8, 4) is 0 Å². The summed E-state index contributed by atoms with van der Waals surface area (Å²) >= 11 is 0. The van der Waals surface area contributed by atoms with Gasteiger partial charge >= 0.3 is 0 Å². The third-order valence-corrected chi connectivity index (χ3v) is 5.51. The fraction of sp³-hybridized carbons (Fsp3) is 0.500. The number of benzene rings is 1. The molecular weight excluding hydrogens is 340 g/mol. The average molecular weight is 361 g/mol. The van der Waals surface area contributed by atoms with Gasteiger partial charge in [0.2, 0.25) is 10.0 Å². The van der Waals surface area contributed by atoms with Crippen LogP contribution in [-0.4, -0.2) is 69.5 Å². The standard InChI is InChI=1S/C14H20N4O3S.ClH/c15-22(20,21)13-3-1-2-12(10-13)16-14(19)11-18-7-4-17(5-8-18)6-9-18;/h1-3,10H,4-9,11H2,(H2-,15,16,19,20,21);1H. The van der Waals surface area contributed by atoms with Gasteiger partial charge in [0, 0.05) is 25.3 Å². The molecule has 1 amide bonds. The molecule has 4 rings (SSSR count). The Bertz CT molecular complexity index is 673. The maximum absolute atomic E-state index is 12.3. The van der Waals surface area contributed by atoms with Crippen LogP contribution in [0.4, 0.5) is 5.69 Å². The number of nitrogens with two attached hydrogens (primary N) is 1. The van der Waals surface area contributed by atoms with Gasteiger partial charge in [-0.05, 0) is 18.2 Å². The van der Waals surface area contributed by atoms with Crippen LogP contribution in [0.5, 0.6) is 0 Å². The first-order valence-corrected chi connectivity index (χ1v) is 8.91. The van der Waals surface area contributed by atoms with Crippen molar-refractivity contribution in [1.29, 1.82) is 0 Å². The summed E-state index contributed by atoms with van der Waals surface area (Å²) in [5.41, 5.74) is 0.463. The molecule has 1 aromatic carbocycles. The number of quaternary nitrogens is 1. The second-order valence-electron chi connectivity index (χ2n) is 6.13. The highest BCUT2D eigenvalue weighted by atomic mass is 35.5. The molecule has 128 valence electrons. The quantitative estimate of drug-likeness (QED) is 0.543. The van der Waals surface area contributed by atoms with E-state index in [1.807, 2.05) is 0 Å². The number of amides is 1. The SMILES string of the molecule is NS(=O)(=O)c1cccc(NC(=O)C[N+]23CCN(CC2)CC3)c1.[Cl-]. The normalized spacial score (nSPS) is 26.4. The van der Waals surface area contributed by atoms with Crippen LogP contribution in [-0.2, 0) is 14.8 Å². The minimum atomic E-state index is -3.76. The van der Waals surface area contributed by atoms with Crippen molar-refractivity contribution in [3.63, 3.8) is 0 Å². The summed E-state index contributed by atoms with van der Waals surface area (Å²) in [6, 6.07) is 6.04. The number of fused-ring (bicyclic) bond motifs is 3. The van der Waals surface area contributed by atoms with Crippen LogP contribution in [0.25, 0.3) is 0 Å². The lowest BCUT2D eigenvalue weighted by Crippen LogP contribution is -3.00. The van der Waals surface area contributed by atoms with Gasteiger partial charge in [0.05, 0.1) is 24.5 Å². The molecule has 1 aromatic rings. The van der Waals surface area contributed by atoms with E-state index in [4.69, 9.17) is 5.14 Å². The molecule has 0 aromatic heterocycles. The van der Waals surface area contributed by atoms with E-state index >= 15 is 0 Å². The second kappa shape index (κ2) is 6.74. The molecule has 3 aliphatic heterocycles. The molecule has 23 heavy (non-hydrogen) atoms. The van der Waals surface area contributed by atoms with Crippen molar-refractivity contribution in [1.82, 2.24) is 4.90 Å². The van der Waals surface area contributed by atoms with Gasteiger partial charge in [-0.25, -0.2) is 13.6 Å². The van der Waals surface area contributed by atoms with E-state index in [1.54, 1.807) is 12.1 Å². The Labute approximate surface area is 142 Å². The summed E-state index contributed by atoms with van der Waals surface area (Å²) in [6.45, 7) is 6.60. The van der Waals surface area contributed by atoms with Gasteiger partial charge in [0.25, 0.3) is 5.91 Å². The Kier molecular flexibility index (Phi) is 5.32. The minimum absolute atomic E-state index is 0. The first-order chi connectivity index (χ1) is 10.4. The molecule has 0 radical (unpaired) electrons. The van der Waals surface area contributed by atoms with Crippen LogP contribution >= 0.6 is 0 Å². The molecule has 3 aliphatic rings. The van der Waals surface area contributed by atoms with E-state index in [9.17, 15) is 13.2 Å². The molecule has 0 unspecified atom stereocenters. The first kappa shape index (κ1) is 18.2. The topological polar surface area (TPSA) is 92.5 Å². The Hall–Kier alpha value is -1.19. The second-order valence-corrected chi connectivity index (χ2v) is 7.69. The summed E-state index contributed by atoms with van der Waals surface area (Å²) in [4.78, 5) is 14.7. The summed E-state index contributed by atoms with van der Waals surface area (Å²) in [5, 5.41) is 7.90. The molecule has 3 fully saturated rings. The van der Waals surface area contributed by atoms with Crippen LogP contribution in [0.15, 0.2) is 29.2 Å². The van der Waals surface area contributed by atoms with Crippen LogP contribution in [0, 0.1) is 0 Å². The third-order valence-electron chi connectivity index (χ3n) is 4.60. The number of nitrogens with one attached hydrogen (secondary N) is 1. The third kappa shape index (κ3) is 4.21. The summed E-state index contributed by atoms with van der Waals surface area (Å²) in [7, 11) is -3.76. The zero-order chi connectivity index (χ0) is 15.8. The van der Waals surface area contributed by atoms with Gasteiger partial charge in [-0.3, -0.25) is 9.69 Å². The summed E-state index contributed by atoms with van der Waals surface area (Å²) in [6.07, 6.45) is 0. The molecule has 0 saturated carbocycles. The predicted molar refractivity (Wildman–Crippen MR) is 82.6 cm³/mol. The molecule has 7 nitrogen and oxygen atoms in total. The number of piperazine rings is 3. The number of rotatable bonds is 4. The number of carbonyl (C=O) groups is 1.